The number of pyridine rings is 1. The maximum absolute atomic E-state index is 12.5. The van der Waals surface area contributed by atoms with E-state index in [1.807, 2.05) is 44.2 Å². The van der Waals surface area contributed by atoms with Crippen LogP contribution >= 0.6 is 0 Å². The monoisotopic (exact) mass is 323 g/mol. The van der Waals surface area contributed by atoms with Crippen LogP contribution in [0, 0.1) is 13.8 Å². The second-order valence-corrected chi connectivity index (χ2v) is 6.68. The standard InChI is InChI=1S/C20H25N3O/c1-14-8-9-15(2)18(12-14)23-20(24)19-13-17(10-11-21-19)22-16-6-4-3-5-7-16/h8-13,16H,3-7H2,1-2H3,(H,21,22)(H,23,24). The van der Waals surface area contributed by atoms with Crippen LogP contribution in [0.3, 0.4) is 0 Å². The molecule has 2 N–H and O–H groups in total. The molecule has 1 fully saturated rings. The van der Waals surface area contributed by atoms with E-state index in [4.69, 9.17) is 0 Å². The molecule has 0 spiro atoms. The molecule has 3 rings (SSSR count). The van der Waals surface area contributed by atoms with E-state index < -0.39 is 0 Å². The van der Waals surface area contributed by atoms with Crippen LogP contribution < -0.4 is 10.6 Å². The maximum Gasteiger partial charge on any atom is 0.274 e. The molecular weight excluding hydrogens is 298 g/mol. The third-order valence-corrected chi connectivity index (χ3v) is 4.61. The van der Waals surface area contributed by atoms with Gasteiger partial charge in [-0.05, 0) is 56.0 Å². The molecular formula is C20H25N3O. The van der Waals surface area contributed by atoms with E-state index >= 15 is 0 Å². The summed E-state index contributed by atoms with van der Waals surface area (Å²) in [5.74, 6) is -0.170. The Balaban J connectivity index is 1.70. The van der Waals surface area contributed by atoms with Crippen molar-refractivity contribution >= 4 is 17.3 Å². The highest BCUT2D eigenvalue weighted by Gasteiger charge is 2.14. The number of nitrogens with zero attached hydrogens (tertiary/aromatic N) is 1. The average molecular weight is 323 g/mol. The first-order valence-corrected chi connectivity index (χ1v) is 8.73. The summed E-state index contributed by atoms with van der Waals surface area (Å²) in [6.45, 7) is 4.01. The van der Waals surface area contributed by atoms with Crippen LogP contribution in [0.4, 0.5) is 11.4 Å². The van der Waals surface area contributed by atoms with Gasteiger partial charge in [0.1, 0.15) is 5.69 Å². The van der Waals surface area contributed by atoms with Gasteiger partial charge in [-0.2, -0.15) is 0 Å². The molecule has 0 saturated heterocycles. The van der Waals surface area contributed by atoms with Crippen molar-refractivity contribution in [2.24, 2.45) is 0 Å². The van der Waals surface area contributed by atoms with Crippen LogP contribution in [-0.2, 0) is 0 Å². The lowest BCUT2D eigenvalue weighted by atomic mass is 9.95. The molecule has 1 aliphatic carbocycles. The molecule has 0 unspecified atom stereocenters. The molecule has 4 nitrogen and oxygen atoms in total. The minimum Gasteiger partial charge on any atom is -0.382 e. The Morgan fingerprint density at radius 3 is 2.67 bits per heavy atom. The zero-order valence-corrected chi connectivity index (χ0v) is 14.4. The van der Waals surface area contributed by atoms with Gasteiger partial charge in [0, 0.05) is 23.6 Å². The van der Waals surface area contributed by atoms with Gasteiger partial charge in [0.05, 0.1) is 0 Å². The molecule has 2 aromatic rings. The quantitative estimate of drug-likeness (QED) is 0.858. The third-order valence-electron chi connectivity index (χ3n) is 4.61. The number of hydrogen-bond acceptors (Lipinski definition) is 3. The summed E-state index contributed by atoms with van der Waals surface area (Å²) in [7, 11) is 0. The first-order chi connectivity index (χ1) is 11.6. The average Bonchev–Trinajstić information content (AvgIpc) is 2.59. The van der Waals surface area contributed by atoms with Gasteiger partial charge in [-0.15, -0.1) is 0 Å². The number of carbonyl (C=O) groups excluding carboxylic acids is 1. The first kappa shape index (κ1) is 16.5. The van der Waals surface area contributed by atoms with Crippen LogP contribution in [0.2, 0.25) is 0 Å². The van der Waals surface area contributed by atoms with Gasteiger partial charge >= 0.3 is 0 Å². The summed E-state index contributed by atoms with van der Waals surface area (Å²) in [5.41, 5.74) is 4.43. The lowest BCUT2D eigenvalue weighted by Gasteiger charge is -2.23. The fourth-order valence-corrected chi connectivity index (χ4v) is 3.18. The van der Waals surface area contributed by atoms with Crippen molar-refractivity contribution < 1.29 is 4.79 Å². The number of amides is 1. The smallest absolute Gasteiger partial charge is 0.274 e. The molecule has 4 heteroatoms. The normalized spacial score (nSPS) is 15.1. The highest BCUT2D eigenvalue weighted by Crippen LogP contribution is 2.22. The fourth-order valence-electron chi connectivity index (χ4n) is 3.18. The largest absolute Gasteiger partial charge is 0.382 e. The number of anilines is 2. The zero-order valence-electron chi connectivity index (χ0n) is 14.4. The van der Waals surface area contributed by atoms with E-state index in [1.54, 1.807) is 6.20 Å². The third kappa shape index (κ3) is 4.13. The van der Waals surface area contributed by atoms with Crippen molar-refractivity contribution in [1.29, 1.82) is 0 Å². The lowest BCUT2D eigenvalue weighted by molar-refractivity contribution is 0.102. The molecule has 0 aliphatic heterocycles. The van der Waals surface area contributed by atoms with Crippen LogP contribution in [0.15, 0.2) is 36.5 Å². The number of carbonyl (C=O) groups is 1. The first-order valence-electron chi connectivity index (χ1n) is 8.73. The minimum atomic E-state index is -0.170. The van der Waals surface area contributed by atoms with Crippen molar-refractivity contribution in [3.8, 4) is 0 Å². The number of nitrogens with one attached hydrogen (secondary N) is 2. The molecule has 1 amide bonds. The van der Waals surface area contributed by atoms with Crippen molar-refractivity contribution in [2.75, 3.05) is 10.6 Å². The Labute approximate surface area is 143 Å². The van der Waals surface area contributed by atoms with Gasteiger partial charge < -0.3 is 10.6 Å². The van der Waals surface area contributed by atoms with Gasteiger partial charge in [0.2, 0.25) is 0 Å². The van der Waals surface area contributed by atoms with E-state index in [1.165, 1.54) is 32.1 Å². The summed E-state index contributed by atoms with van der Waals surface area (Å²) >= 11 is 0. The van der Waals surface area contributed by atoms with E-state index in [0.29, 0.717) is 11.7 Å². The predicted octanol–water partition coefficient (Wildman–Crippen LogP) is 4.70. The number of aromatic nitrogens is 1. The number of benzene rings is 1. The Hall–Kier alpha value is -2.36. The van der Waals surface area contributed by atoms with Gasteiger partial charge in [-0.3, -0.25) is 9.78 Å². The minimum absolute atomic E-state index is 0.170. The zero-order chi connectivity index (χ0) is 16.9. The van der Waals surface area contributed by atoms with Crippen molar-refractivity contribution in [1.82, 2.24) is 4.98 Å². The molecule has 1 aliphatic rings. The highest BCUT2D eigenvalue weighted by atomic mass is 16.1. The summed E-state index contributed by atoms with van der Waals surface area (Å²) < 4.78 is 0. The van der Waals surface area contributed by atoms with Gasteiger partial charge in [0.15, 0.2) is 0 Å². The Kier molecular flexibility index (Phi) is 5.14. The van der Waals surface area contributed by atoms with Crippen molar-refractivity contribution in [3.05, 3.63) is 53.3 Å². The molecule has 0 radical (unpaired) electrons. The molecule has 126 valence electrons. The molecule has 1 saturated carbocycles. The van der Waals surface area contributed by atoms with Crippen LogP contribution in [-0.4, -0.2) is 16.9 Å². The molecule has 0 atom stereocenters. The summed E-state index contributed by atoms with van der Waals surface area (Å²) in [4.78, 5) is 16.7. The fraction of sp³-hybridized carbons (Fsp3) is 0.400. The second kappa shape index (κ2) is 7.47. The van der Waals surface area contributed by atoms with Crippen LogP contribution in [0.5, 0.6) is 0 Å². The van der Waals surface area contributed by atoms with Crippen LogP contribution in [0.25, 0.3) is 0 Å². The topological polar surface area (TPSA) is 54.0 Å². The Morgan fingerprint density at radius 1 is 1.08 bits per heavy atom. The predicted molar refractivity (Wildman–Crippen MR) is 98.6 cm³/mol. The Morgan fingerprint density at radius 2 is 1.88 bits per heavy atom. The second-order valence-electron chi connectivity index (χ2n) is 6.68. The number of aryl methyl sites for hydroxylation is 2. The molecule has 1 heterocycles. The van der Waals surface area contributed by atoms with Crippen LogP contribution in [0.1, 0.15) is 53.7 Å². The maximum atomic E-state index is 12.5. The van der Waals surface area contributed by atoms with Gasteiger partial charge in [0.25, 0.3) is 5.91 Å². The van der Waals surface area contributed by atoms with Crippen molar-refractivity contribution in [3.63, 3.8) is 0 Å². The molecule has 1 aromatic carbocycles. The molecule has 1 aromatic heterocycles. The number of rotatable bonds is 4. The molecule has 24 heavy (non-hydrogen) atoms. The van der Waals surface area contributed by atoms with E-state index in [0.717, 1.165) is 22.5 Å². The molecule has 0 bridgehead atoms. The van der Waals surface area contributed by atoms with Crippen molar-refractivity contribution in [2.45, 2.75) is 52.0 Å². The SMILES string of the molecule is Cc1ccc(C)c(NC(=O)c2cc(NC3CCCCC3)ccn2)c1. The highest BCUT2D eigenvalue weighted by molar-refractivity contribution is 6.03. The number of hydrogen-bond donors (Lipinski definition) is 2. The lowest BCUT2D eigenvalue weighted by Crippen LogP contribution is -2.22. The Bertz CT molecular complexity index is 721. The summed E-state index contributed by atoms with van der Waals surface area (Å²) in [6.07, 6.45) is 7.99. The van der Waals surface area contributed by atoms with E-state index in [2.05, 4.69) is 15.6 Å². The summed E-state index contributed by atoms with van der Waals surface area (Å²) in [6, 6.07) is 10.3. The summed E-state index contributed by atoms with van der Waals surface area (Å²) in [5, 5.41) is 6.51. The van der Waals surface area contributed by atoms with E-state index in [-0.39, 0.29) is 5.91 Å². The van der Waals surface area contributed by atoms with Gasteiger partial charge in [-0.1, -0.05) is 31.4 Å². The van der Waals surface area contributed by atoms with E-state index in [9.17, 15) is 4.79 Å². The van der Waals surface area contributed by atoms with Gasteiger partial charge in [-0.25, -0.2) is 0 Å².